The second kappa shape index (κ2) is 9.43. The highest BCUT2D eigenvalue weighted by molar-refractivity contribution is 7.92. The summed E-state index contributed by atoms with van der Waals surface area (Å²) in [6.07, 6.45) is 1.77. The number of nitrogens with zero attached hydrogens (tertiary/aromatic N) is 2. The molecule has 3 aromatic carbocycles. The first-order valence-corrected chi connectivity index (χ1v) is 13.6. The van der Waals surface area contributed by atoms with E-state index in [0.717, 1.165) is 40.9 Å². The van der Waals surface area contributed by atoms with Gasteiger partial charge in [-0.3, -0.25) is 13.9 Å². The van der Waals surface area contributed by atoms with Crippen molar-refractivity contribution in [2.24, 2.45) is 5.92 Å². The summed E-state index contributed by atoms with van der Waals surface area (Å²) in [5.41, 5.74) is 5.12. The van der Waals surface area contributed by atoms with E-state index in [1.807, 2.05) is 56.3 Å². The van der Waals surface area contributed by atoms with Crippen LogP contribution in [0, 0.1) is 19.8 Å². The van der Waals surface area contributed by atoms with Crippen molar-refractivity contribution in [3.63, 3.8) is 0 Å². The fourth-order valence-corrected chi connectivity index (χ4v) is 6.50. The predicted molar refractivity (Wildman–Crippen MR) is 141 cm³/mol. The summed E-state index contributed by atoms with van der Waals surface area (Å²) < 4.78 is 28.2. The lowest BCUT2D eigenvalue weighted by Crippen LogP contribution is -2.35. The topological polar surface area (TPSA) is 86.8 Å². The van der Waals surface area contributed by atoms with Gasteiger partial charge in [-0.05, 0) is 79.8 Å². The molecule has 36 heavy (non-hydrogen) atoms. The summed E-state index contributed by atoms with van der Waals surface area (Å²) >= 11 is 0. The Balaban J connectivity index is 1.28. The fourth-order valence-electron chi connectivity index (χ4n) is 4.96. The molecule has 0 saturated carbocycles. The van der Waals surface area contributed by atoms with Gasteiger partial charge in [-0.15, -0.1) is 0 Å². The van der Waals surface area contributed by atoms with Crippen molar-refractivity contribution in [2.75, 3.05) is 27.6 Å². The third-order valence-electron chi connectivity index (χ3n) is 6.93. The molecule has 8 heteroatoms. The average Bonchev–Trinajstić information content (AvgIpc) is 3.27. The highest BCUT2D eigenvalue weighted by atomic mass is 32.2. The summed E-state index contributed by atoms with van der Waals surface area (Å²) in [7, 11) is -3.72. The number of sulfonamides is 1. The number of carbonyl (C=O) groups excluding carboxylic acids is 2. The van der Waals surface area contributed by atoms with Crippen LogP contribution in [0.1, 0.15) is 29.5 Å². The maximum absolute atomic E-state index is 13.3. The number of carbonyl (C=O) groups is 2. The molecule has 0 bridgehead atoms. The molecule has 5 rings (SSSR count). The molecule has 0 aromatic heterocycles. The van der Waals surface area contributed by atoms with Crippen molar-refractivity contribution in [1.29, 1.82) is 0 Å². The molecule has 1 saturated heterocycles. The monoisotopic (exact) mass is 503 g/mol. The van der Waals surface area contributed by atoms with Gasteiger partial charge in [-0.1, -0.05) is 30.3 Å². The zero-order valence-corrected chi connectivity index (χ0v) is 21.2. The van der Waals surface area contributed by atoms with Crippen molar-refractivity contribution in [3.05, 3.63) is 83.4 Å². The standard InChI is InChI=1S/C28H29N3O4S/c1-19-9-10-20(2)26(16-19)30-18-22(17-27(30)32)28(33)29-23-11-13-24(14-12-23)36(34,35)31-15-5-7-21-6-3-4-8-25(21)31/h3-4,6,8-14,16,22H,5,7,15,17-18H2,1-2H3,(H,29,33). The molecular formula is C28H29N3O4S. The van der Waals surface area contributed by atoms with E-state index in [0.29, 0.717) is 18.8 Å². The Kier molecular flexibility index (Phi) is 6.30. The van der Waals surface area contributed by atoms with Gasteiger partial charge in [-0.25, -0.2) is 8.42 Å². The van der Waals surface area contributed by atoms with E-state index in [1.54, 1.807) is 17.0 Å². The first-order valence-electron chi connectivity index (χ1n) is 12.1. The summed E-state index contributed by atoms with van der Waals surface area (Å²) in [6.45, 7) is 4.68. The van der Waals surface area contributed by atoms with E-state index >= 15 is 0 Å². The molecule has 2 amide bonds. The van der Waals surface area contributed by atoms with Crippen LogP contribution >= 0.6 is 0 Å². The van der Waals surface area contributed by atoms with Crippen LogP contribution in [0.2, 0.25) is 0 Å². The molecule has 2 aliphatic heterocycles. The normalized spacial score (nSPS) is 17.7. The van der Waals surface area contributed by atoms with Crippen LogP contribution in [0.5, 0.6) is 0 Å². The highest BCUT2D eigenvalue weighted by Gasteiger charge is 2.36. The molecule has 186 valence electrons. The van der Waals surface area contributed by atoms with Crippen LogP contribution < -0.4 is 14.5 Å². The molecule has 2 heterocycles. The van der Waals surface area contributed by atoms with Crippen LogP contribution in [0.3, 0.4) is 0 Å². The molecule has 1 N–H and O–H groups in total. The first kappa shape index (κ1) is 24.1. The number of amides is 2. The van der Waals surface area contributed by atoms with Gasteiger partial charge in [0.2, 0.25) is 11.8 Å². The van der Waals surface area contributed by atoms with Gasteiger partial charge in [0, 0.05) is 30.9 Å². The average molecular weight is 504 g/mol. The molecule has 0 aliphatic carbocycles. The maximum Gasteiger partial charge on any atom is 0.264 e. The van der Waals surface area contributed by atoms with Gasteiger partial charge < -0.3 is 10.2 Å². The molecule has 1 atom stereocenters. The van der Waals surface area contributed by atoms with Gasteiger partial charge >= 0.3 is 0 Å². The Labute approximate surface area is 211 Å². The van der Waals surface area contributed by atoms with Crippen LogP contribution in [0.4, 0.5) is 17.1 Å². The van der Waals surface area contributed by atoms with E-state index in [1.165, 1.54) is 16.4 Å². The Morgan fingerprint density at radius 1 is 0.972 bits per heavy atom. The highest BCUT2D eigenvalue weighted by Crippen LogP contribution is 2.33. The second-order valence-corrected chi connectivity index (χ2v) is 11.4. The molecule has 1 unspecified atom stereocenters. The van der Waals surface area contributed by atoms with E-state index in [9.17, 15) is 18.0 Å². The Morgan fingerprint density at radius 2 is 1.72 bits per heavy atom. The van der Waals surface area contributed by atoms with Crippen LogP contribution in [0.15, 0.2) is 71.6 Å². The molecule has 0 spiro atoms. The summed E-state index contributed by atoms with van der Waals surface area (Å²) in [4.78, 5) is 27.5. The largest absolute Gasteiger partial charge is 0.326 e. The van der Waals surface area contributed by atoms with Gasteiger partial charge in [-0.2, -0.15) is 0 Å². The predicted octanol–water partition coefficient (Wildman–Crippen LogP) is 4.44. The van der Waals surface area contributed by atoms with Gasteiger partial charge in [0.25, 0.3) is 10.0 Å². The Bertz CT molecular complexity index is 1430. The quantitative estimate of drug-likeness (QED) is 0.558. The molecule has 3 aromatic rings. The molecule has 2 aliphatic rings. The van der Waals surface area contributed by atoms with Crippen molar-refractivity contribution >= 4 is 38.9 Å². The Hall–Kier alpha value is -3.65. The van der Waals surface area contributed by atoms with Gasteiger partial charge in [0.05, 0.1) is 16.5 Å². The van der Waals surface area contributed by atoms with Crippen LogP contribution in [0.25, 0.3) is 0 Å². The first-order chi connectivity index (χ1) is 17.2. The van der Waals surface area contributed by atoms with Crippen LogP contribution in [-0.2, 0) is 26.0 Å². The number of benzene rings is 3. The zero-order valence-electron chi connectivity index (χ0n) is 20.4. The minimum atomic E-state index is -3.72. The number of hydrogen-bond donors (Lipinski definition) is 1. The summed E-state index contributed by atoms with van der Waals surface area (Å²) in [6, 6.07) is 19.7. The summed E-state index contributed by atoms with van der Waals surface area (Å²) in [5, 5.41) is 2.85. The van der Waals surface area contributed by atoms with Crippen molar-refractivity contribution in [1.82, 2.24) is 0 Å². The van der Waals surface area contributed by atoms with Crippen LogP contribution in [-0.4, -0.2) is 33.3 Å². The lowest BCUT2D eigenvalue weighted by Gasteiger charge is -2.30. The third kappa shape index (κ3) is 4.48. The lowest BCUT2D eigenvalue weighted by atomic mass is 10.0. The van der Waals surface area contributed by atoms with Crippen molar-refractivity contribution in [3.8, 4) is 0 Å². The minimum absolute atomic E-state index is 0.0768. The number of fused-ring (bicyclic) bond motifs is 1. The number of hydrogen-bond acceptors (Lipinski definition) is 4. The maximum atomic E-state index is 13.3. The smallest absolute Gasteiger partial charge is 0.264 e. The van der Waals surface area contributed by atoms with E-state index in [2.05, 4.69) is 5.32 Å². The lowest BCUT2D eigenvalue weighted by molar-refractivity contribution is -0.122. The zero-order chi connectivity index (χ0) is 25.4. The molecule has 7 nitrogen and oxygen atoms in total. The third-order valence-corrected chi connectivity index (χ3v) is 8.76. The van der Waals surface area contributed by atoms with Crippen molar-refractivity contribution in [2.45, 2.75) is 38.0 Å². The minimum Gasteiger partial charge on any atom is -0.326 e. The second-order valence-electron chi connectivity index (χ2n) is 9.52. The Morgan fingerprint density at radius 3 is 2.50 bits per heavy atom. The van der Waals surface area contributed by atoms with Gasteiger partial charge in [0.15, 0.2) is 0 Å². The van der Waals surface area contributed by atoms with Crippen molar-refractivity contribution < 1.29 is 18.0 Å². The van der Waals surface area contributed by atoms with Gasteiger partial charge in [0.1, 0.15) is 0 Å². The molecule has 0 radical (unpaired) electrons. The fraction of sp³-hybridized carbons (Fsp3) is 0.286. The van der Waals surface area contributed by atoms with E-state index in [-0.39, 0.29) is 23.1 Å². The number of nitrogens with one attached hydrogen (secondary N) is 1. The summed E-state index contributed by atoms with van der Waals surface area (Å²) in [5.74, 6) is -0.811. The van der Waals surface area contributed by atoms with E-state index < -0.39 is 15.9 Å². The molecule has 1 fully saturated rings. The SMILES string of the molecule is Cc1ccc(C)c(N2CC(C(=O)Nc3ccc(S(=O)(=O)N4CCCc5ccccc54)cc3)CC2=O)c1. The molecular weight excluding hydrogens is 474 g/mol. The number of para-hydroxylation sites is 1. The number of rotatable bonds is 5. The number of aryl methyl sites for hydroxylation is 3. The van der Waals surface area contributed by atoms with E-state index in [4.69, 9.17) is 0 Å². The number of anilines is 3.